The second-order valence-electron chi connectivity index (χ2n) is 8.90. The van der Waals surface area contributed by atoms with E-state index in [0.29, 0.717) is 29.3 Å². The molecule has 2 amide bonds. The maximum absolute atomic E-state index is 11.8. The van der Waals surface area contributed by atoms with Crippen LogP contribution >= 0.6 is 0 Å². The van der Waals surface area contributed by atoms with E-state index < -0.39 is 11.8 Å². The maximum Gasteiger partial charge on any atom is 0.248 e. The van der Waals surface area contributed by atoms with Crippen molar-refractivity contribution in [3.8, 4) is 17.3 Å². The van der Waals surface area contributed by atoms with E-state index in [1.807, 2.05) is 12.1 Å². The predicted molar refractivity (Wildman–Crippen MR) is 144 cm³/mol. The Morgan fingerprint density at radius 2 is 1.95 bits per heavy atom. The highest BCUT2D eigenvalue weighted by Gasteiger charge is 2.21. The first-order valence-corrected chi connectivity index (χ1v) is 12.2. The Hall–Kier alpha value is -4.76. The van der Waals surface area contributed by atoms with Crippen molar-refractivity contribution in [1.82, 2.24) is 24.6 Å². The van der Waals surface area contributed by atoms with Crippen molar-refractivity contribution in [1.29, 1.82) is 5.26 Å². The van der Waals surface area contributed by atoms with Gasteiger partial charge in [-0.2, -0.15) is 10.4 Å². The third kappa shape index (κ3) is 5.96. The molecular weight excluding hydrogens is 484 g/mol. The van der Waals surface area contributed by atoms with Crippen molar-refractivity contribution >= 4 is 34.7 Å². The summed E-state index contributed by atoms with van der Waals surface area (Å²) in [4.78, 5) is 36.4. The summed E-state index contributed by atoms with van der Waals surface area (Å²) in [7, 11) is 0. The number of nitriles is 1. The van der Waals surface area contributed by atoms with Crippen molar-refractivity contribution in [2.24, 2.45) is 11.5 Å². The number of carbonyl (C=O) groups excluding carboxylic acids is 2. The molecule has 3 heterocycles. The first-order chi connectivity index (χ1) is 18.3. The number of piperazine rings is 1. The number of rotatable bonds is 10. The highest BCUT2D eigenvalue weighted by Crippen LogP contribution is 2.33. The Bertz CT molecular complexity index is 1400. The SMILES string of the molecule is C=C(C(N)=O)c1ccc(Nc2ncc(C#N)c(-c3cnn(CCC(N)=O)c3)n2)c(N2CCN(CC)CC2)c1. The van der Waals surface area contributed by atoms with Crippen LogP contribution in [0.2, 0.25) is 0 Å². The van der Waals surface area contributed by atoms with Gasteiger partial charge in [0, 0.05) is 56.5 Å². The highest BCUT2D eigenvalue weighted by molar-refractivity contribution is 6.18. The van der Waals surface area contributed by atoms with Crippen LogP contribution in [0.3, 0.4) is 0 Å². The molecule has 3 aromatic rings. The molecule has 0 atom stereocenters. The normalized spacial score (nSPS) is 13.6. The lowest BCUT2D eigenvalue weighted by Crippen LogP contribution is -2.46. The number of nitrogens with zero attached hydrogens (tertiary/aromatic N) is 7. The van der Waals surface area contributed by atoms with E-state index in [9.17, 15) is 14.9 Å². The first kappa shape index (κ1) is 26.3. The van der Waals surface area contributed by atoms with Crippen LogP contribution in [-0.2, 0) is 16.1 Å². The molecule has 2 aromatic heterocycles. The van der Waals surface area contributed by atoms with Gasteiger partial charge in [-0.05, 0) is 24.2 Å². The van der Waals surface area contributed by atoms with Crippen LogP contribution < -0.4 is 21.7 Å². The van der Waals surface area contributed by atoms with Gasteiger partial charge in [0.25, 0.3) is 0 Å². The maximum atomic E-state index is 11.8. The Balaban J connectivity index is 1.66. The number of likely N-dealkylation sites (N-methyl/N-ethyl adjacent to an activating group) is 1. The number of nitrogens with two attached hydrogens (primary N) is 2. The first-order valence-electron chi connectivity index (χ1n) is 12.2. The highest BCUT2D eigenvalue weighted by atomic mass is 16.1. The zero-order valence-corrected chi connectivity index (χ0v) is 21.2. The number of aryl methyl sites for hydroxylation is 1. The molecule has 12 heteroatoms. The molecule has 4 rings (SSSR count). The van der Waals surface area contributed by atoms with Crippen molar-refractivity contribution in [2.75, 3.05) is 42.9 Å². The lowest BCUT2D eigenvalue weighted by Gasteiger charge is -2.36. The topological polar surface area (TPSA) is 172 Å². The number of anilines is 3. The number of hydrogen-bond acceptors (Lipinski definition) is 9. The second-order valence-corrected chi connectivity index (χ2v) is 8.90. The van der Waals surface area contributed by atoms with Gasteiger partial charge in [-0.25, -0.2) is 9.97 Å². The minimum atomic E-state index is -0.580. The summed E-state index contributed by atoms with van der Waals surface area (Å²) in [6.07, 6.45) is 4.89. The molecule has 38 heavy (non-hydrogen) atoms. The zero-order valence-electron chi connectivity index (χ0n) is 21.2. The summed E-state index contributed by atoms with van der Waals surface area (Å²) < 4.78 is 1.58. The van der Waals surface area contributed by atoms with Gasteiger partial charge in [-0.15, -0.1) is 0 Å². The monoisotopic (exact) mass is 514 g/mol. The van der Waals surface area contributed by atoms with E-state index in [1.54, 1.807) is 23.1 Å². The number of nitrogens with one attached hydrogen (secondary N) is 1. The van der Waals surface area contributed by atoms with Crippen LogP contribution in [0, 0.1) is 11.3 Å². The largest absolute Gasteiger partial charge is 0.370 e. The molecule has 1 aliphatic rings. The fraction of sp³-hybridized carbons (Fsp3) is 0.308. The summed E-state index contributed by atoms with van der Waals surface area (Å²) in [6.45, 7) is 10.7. The summed E-state index contributed by atoms with van der Waals surface area (Å²) in [5.41, 5.74) is 14.5. The molecule has 1 aromatic carbocycles. The van der Waals surface area contributed by atoms with Crippen molar-refractivity contribution in [2.45, 2.75) is 19.9 Å². The molecule has 0 spiro atoms. The van der Waals surface area contributed by atoms with Gasteiger partial charge >= 0.3 is 0 Å². The number of primary amides is 2. The molecule has 1 saturated heterocycles. The van der Waals surface area contributed by atoms with E-state index in [0.717, 1.165) is 44.1 Å². The summed E-state index contributed by atoms with van der Waals surface area (Å²) >= 11 is 0. The van der Waals surface area contributed by atoms with Gasteiger partial charge in [0.1, 0.15) is 6.07 Å². The summed E-state index contributed by atoms with van der Waals surface area (Å²) in [5, 5.41) is 17.2. The Morgan fingerprint density at radius 3 is 2.61 bits per heavy atom. The Morgan fingerprint density at radius 1 is 1.18 bits per heavy atom. The zero-order chi connectivity index (χ0) is 27.2. The van der Waals surface area contributed by atoms with Crippen LogP contribution in [0.25, 0.3) is 16.8 Å². The molecule has 1 fully saturated rings. The Labute approximate surface area is 220 Å². The summed E-state index contributed by atoms with van der Waals surface area (Å²) in [6, 6.07) is 7.62. The van der Waals surface area contributed by atoms with Crippen LogP contribution in [0.15, 0.2) is 43.4 Å². The molecule has 0 saturated carbocycles. The smallest absolute Gasteiger partial charge is 0.248 e. The molecule has 1 aliphatic heterocycles. The molecular formula is C26H30N10O2. The van der Waals surface area contributed by atoms with Gasteiger partial charge in [0.15, 0.2) is 0 Å². The molecule has 0 unspecified atom stereocenters. The standard InChI is InChI=1S/C26H30N10O2/c1-3-34-8-10-35(11-9-34)22-12-18(17(2)25(29)38)4-5-21(22)32-26-30-14-19(13-27)24(33-26)20-15-31-36(16-20)7-6-23(28)37/h4-5,12,14-16H,2-3,6-11H2,1H3,(H2,28,37)(H2,29,38)(H,30,32,33). The van der Waals surface area contributed by atoms with Crippen LogP contribution in [0.5, 0.6) is 0 Å². The van der Waals surface area contributed by atoms with Crippen molar-refractivity contribution < 1.29 is 9.59 Å². The molecule has 5 N–H and O–H groups in total. The number of carbonyl (C=O) groups is 2. The van der Waals surface area contributed by atoms with Crippen molar-refractivity contribution in [3.05, 3.63) is 54.5 Å². The molecule has 0 aliphatic carbocycles. The van der Waals surface area contributed by atoms with E-state index >= 15 is 0 Å². The number of hydrogen-bond donors (Lipinski definition) is 3. The molecule has 196 valence electrons. The lowest BCUT2D eigenvalue weighted by molar-refractivity contribution is -0.118. The predicted octanol–water partition coefficient (Wildman–Crippen LogP) is 1.47. The average molecular weight is 515 g/mol. The Kier molecular flexibility index (Phi) is 7.98. The fourth-order valence-electron chi connectivity index (χ4n) is 4.23. The van der Waals surface area contributed by atoms with E-state index in [4.69, 9.17) is 11.5 Å². The molecule has 12 nitrogen and oxygen atoms in total. The third-order valence-electron chi connectivity index (χ3n) is 6.45. The van der Waals surface area contributed by atoms with Gasteiger partial charge in [0.2, 0.25) is 17.8 Å². The fourth-order valence-corrected chi connectivity index (χ4v) is 4.23. The van der Waals surface area contributed by atoms with Gasteiger partial charge in [-0.3, -0.25) is 14.3 Å². The van der Waals surface area contributed by atoms with E-state index in [1.165, 1.54) is 6.20 Å². The van der Waals surface area contributed by atoms with Crippen LogP contribution in [-0.4, -0.2) is 69.2 Å². The average Bonchev–Trinajstić information content (AvgIpc) is 3.40. The van der Waals surface area contributed by atoms with Crippen LogP contribution in [0.1, 0.15) is 24.5 Å². The van der Waals surface area contributed by atoms with Gasteiger partial charge in [-0.1, -0.05) is 19.6 Å². The quantitative estimate of drug-likeness (QED) is 0.339. The van der Waals surface area contributed by atoms with E-state index in [2.05, 4.69) is 49.8 Å². The third-order valence-corrected chi connectivity index (χ3v) is 6.45. The molecule has 0 bridgehead atoms. The number of amides is 2. The summed E-state index contributed by atoms with van der Waals surface area (Å²) in [5.74, 6) is -0.715. The second kappa shape index (κ2) is 11.5. The van der Waals surface area contributed by atoms with Gasteiger partial charge in [0.05, 0.1) is 35.0 Å². The van der Waals surface area contributed by atoms with Crippen LogP contribution in [0.4, 0.5) is 17.3 Å². The minimum Gasteiger partial charge on any atom is -0.370 e. The minimum absolute atomic E-state index is 0.149. The van der Waals surface area contributed by atoms with Crippen molar-refractivity contribution in [3.63, 3.8) is 0 Å². The number of benzene rings is 1. The van der Waals surface area contributed by atoms with Gasteiger partial charge < -0.3 is 26.6 Å². The lowest BCUT2D eigenvalue weighted by atomic mass is 10.0. The molecule has 0 radical (unpaired) electrons. The number of aromatic nitrogens is 4. The van der Waals surface area contributed by atoms with E-state index in [-0.39, 0.29) is 17.6 Å².